The second kappa shape index (κ2) is 4.63. The summed E-state index contributed by atoms with van der Waals surface area (Å²) in [4.78, 5) is 0. The molecule has 1 fully saturated rings. The van der Waals surface area contributed by atoms with Crippen molar-refractivity contribution >= 4 is 21.4 Å². The van der Waals surface area contributed by atoms with E-state index in [2.05, 4.69) is 0 Å². The predicted molar refractivity (Wildman–Crippen MR) is 63.7 cm³/mol. The highest BCUT2D eigenvalue weighted by atomic mass is 35.5. The molecule has 2 rings (SSSR count). The first kappa shape index (κ1) is 11.7. The molecule has 0 N–H and O–H groups in total. The van der Waals surface area contributed by atoms with E-state index in [4.69, 9.17) is 16.3 Å². The lowest BCUT2D eigenvalue weighted by molar-refractivity contribution is 0.229. The van der Waals surface area contributed by atoms with Crippen LogP contribution in [0.1, 0.15) is 12.0 Å². The van der Waals surface area contributed by atoms with Crippen LogP contribution in [-0.2, 0) is 15.7 Å². The Morgan fingerprint density at radius 3 is 2.88 bits per heavy atom. The lowest BCUT2D eigenvalue weighted by atomic mass is 10.2. The molecule has 16 heavy (non-hydrogen) atoms. The molecule has 0 radical (unpaired) electrons. The van der Waals surface area contributed by atoms with Crippen molar-refractivity contribution in [1.29, 1.82) is 0 Å². The topological polar surface area (TPSA) is 43.4 Å². The Balaban J connectivity index is 2.04. The van der Waals surface area contributed by atoms with Gasteiger partial charge in [0.25, 0.3) is 0 Å². The fourth-order valence-corrected chi connectivity index (χ4v) is 3.50. The fraction of sp³-hybridized carbons (Fsp3) is 0.455. The summed E-state index contributed by atoms with van der Waals surface area (Å²) in [5, 5.41) is 0. The number of rotatable bonds is 3. The second-order valence-electron chi connectivity index (χ2n) is 3.92. The van der Waals surface area contributed by atoms with Gasteiger partial charge in [-0.3, -0.25) is 0 Å². The monoisotopic (exact) mass is 260 g/mol. The van der Waals surface area contributed by atoms with Crippen LogP contribution in [0.5, 0.6) is 5.75 Å². The molecular formula is C11H13ClO3S. The van der Waals surface area contributed by atoms with E-state index in [-0.39, 0.29) is 17.6 Å². The van der Waals surface area contributed by atoms with Crippen LogP contribution < -0.4 is 4.74 Å². The van der Waals surface area contributed by atoms with Gasteiger partial charge < -0.3 is 4.74 Å². The number of ether oxygens (including phenoxy) is 1. The van der Waals surface area contributed by atoms with Crippen LogP contribution in [0.25, 0.3) is 0 Å². The molecule has 0 aromatic heterocycles. The summed E-state index contributed by atoms with van der Waals surface area (Å²) in [5.74, 6) is 1.48. The van der Waals surface area contributed by atoms with Gasteiger partial charge in [0.15, 0.2) is 9.84 Å². The van der Waals surface area contributed by atoms with Gasteiger partial charge in [0, 0.05) is 5.88 Å². The number of hydrogen-bond acceptors (Lipinski definition) is 3. The minimum absolute atomic E-state index is 0.123. The van der Waals surface area contributed by atoms with E-state index in [1.54, 1.807) is 0 Å². The molecule has 1 heterocycles. The minimum Gasteiger partial charge on any atom is -0.489 e. The maximum absolute atomic E-state index is 11.3. The van der Waals surface area contributed by atoms with E-state index in [1.807, 2.05) is 24.3 Å². The molecule has 1 aromatic rings. The highest BCUT2D eigenvalue weighted by molar-refractivity contribution is 7.91. The smallest absolute Gasteiger partial charge is 0.154 e. The molecule has 3 nitrogen and oxygen atoms in total. The van der Waals surface area contributed by atoms with Crippen LogP contribution in [0.3, 0.4) is 0 Å². The third-order valence-corrected chi connectivity index (χ3v) is 4.59. The number of benzene rings is 1. The van der Waals surface area contributed by atoms with Crippen LogP contribution in [0.2, 0.25) is 0 Å². The Hall–Kier alpha value is -0.740. The van der Waals surface area contributed by atoms with Gasteiger partial charge in [0.2, 0.25) is 0 Å². The largest absolute Gasteiger partial charge is 0.489 e. The summed E-state index contributed by atoms with van der Waals surface area (Å²) in [7, 11) is -2.88. The maximum Gasteiger partial charge on any atom is 0.154 e. The Labute approximate surface area is 100 Å². The van der Waals surface area contributed by atoms with Gasteiger partial charge >= 0.3 is 0 Å². The molecule has 5 heteroatoms. The standard InChI is InChI=1S/C11H13ClO3S/c12-7-9-2-1-3-10(6-9)15-11-4-5-16(13,14)8-11/h1-3,6,11H,4-5,7-8H2. The van der Waals surface area contributed by atoms with Gasteiger partial charge in [-0.1, -0.05) is 12.1 Å². The lowest BCUT2D eigenvalue weighted by Crippen LogP contribution is -2.17. The molecule has 0 amide bonds. The summed E-state index contributed by atoms with van der Waals surface area (Å²) in [6, 6.07) is 7.43. The highest BCUT2D eigenvalue weighted by Crippen LogP contribution is 2.21. The van der Waals surface area contributed by atoms with Crippen molar-refractivity contribution in [2.24, 2.45) is 0 Å². The molecule has 88 valence electrons. The van der Waals surface area contributed by atoms with Crippen LogP contribution in [-0.4, -0.2) is 26.0 Å². The molecule has 0 spiro atoms. The molecule has 0 saturated carbocycles. The Morgan fingerprint density at radius 2 is 2.25 bits per heavy atom. The summed E-state index contributed by atoms with van der Waals surface area (Å²) >= 11 is 5.71. The number of sulfone groups is 1. The zero-order valence-electron chi connectivity index (χ0n) is 8.73. The molecule has 1 unspecified atom stereocenters. The molecular weight excluding hydrogens is 248 g/mol. The lowest BCUT2D eigenvalue weighted by Gasteiger charge is -2.12. The van der Waals surface area contributed by atoms with Gasteiger partial charge in [0.1, 0.15) is 11.9 Å². The van der Waals surface area contributed by atoms with Crippen LogP contribution in [0, 0.1) is 0 Å². The average molecular weight is 261 g/mol. The minimum atomic E-state index is -2.88. The summed E-state index contributed by atoms with van der Waals surface area (Å²) < 4.78 is 28.1. The van der Waals surface area contributed by atoms with Crippen LogP contribution >= 0.6 is 11.6 Å². The average Bonchev–Trinajstić information content (AvgIpc) is 2.58. The molecule has 1 aromatic carbocycles. The van der Waals surface area contributed by atoms with Crippen molar-refractivity contribution in [2.45, 2.75) is 18.4 Å². The van der Waals surface area contributed by atoms with Gasteiger partial charge in [0.05, 0.1) is 11.5 Å². The van der Waals surface area contributed by atoms with Crippen molar-refractivity contribution in [3.8, 4) is 5.75 Å². The normalized spacial score (nSPS) is 23.2. The van der Waals surface area contributed by atoms with Gasteiger partial charge in [-0.25, -0.2) is 8.42 Å². The van der Waals surface area contributed by atoms with Crippen molar-refractivity contribution in [3.63, 3.8) is 0 Å². The highest BCUT2D eigenvalue weighted by Gasteiger charge is 2.29. The number of halogens is 1. The SMILES string of the molecule is O=S1(=O)CCC(Oc2cccc(CCl)c2)C1. The van der Waals surface area contributed by atoms with E-state index in [0.29, 0.717) is 18.1 Å². The van der Waals surface area contributed by atoms with Crippen LogP contribution in [0.4, 0.5) is 0 Å². The first-order chi connectivity index (χ1) is 7.59. The first-order valence-corrected chi connectivity index (χ1v) is 7.47. The number of alkyl halides is 1. The summed E-state index contributed by atoms with van der Waals surface area (Å²) in [6.07, 6.45) is 0.364. The molecule has 1 aliphatic heterocycles. The quantitative estimate of drug-likeness (QED) is 0.781. The van der Waals surface area contributed by atoms with Crippen molar-refractivity contribution in [2.75, 3.05) is 11.5 Å². The summed E-state index contributed by atoms with van der Waals surface area (Å²) in [5.41, 5.74) is 0.972. The Morgan fingerprint density at radius 1 is 1.44 bits per heavy atom. The number of hydrogen-bond donors (Lipinski definition) is 0. The third-order valence-electron chi connectivity index (χ3n) is 2.55. The van der Waals surface area contributed by atoms with Gasteiger partial charge in [-0.05, 0) is 24.1 Å². The van der Waals surface area contributed by atoms with E-state index in [9.17, 15) is 8.42 Å². The Kier molecular flexibility index (Phi) is 3.40. The molecule has 0 aliphatic carbocycles. The zero-order chi connectivity index (χ0) is 11.6. The third kappa shape index (κ3) is 2.89. The van der Waals surface area contributed by atoms with Gasteiger partial charge in [-0.2, -0.15) is 0 Å². The van der Waals surface area contributed by atoms with E-state index in [0.717, 1.165) is 5.56 Å². The predicted octanol–water partition coefficient (Wildman–Crippen LogP) is 1.99. The maximum atomic E-state index is 11.3. The molecule has 1 saturated heterocycles. The van der Waals surface area contributed by atoms with E-state index in [1.165, 1.54) is 0 Å². The zero-order valence-corrected chi connectivity index (χ0v) is 10.3. The second-order valence-corrected chi connectivity index (χ2v) is 6.42. The molecule has 1 atom stereocenters. The molecule has 0 bridgehead atoms. The van der Waals surface area contributed by atoms with E-state index >= 15 is 0 Å². The fourth-order valence-electron chi connectivity index (χ4n) is 1.75. The van der Waals surface area contributed by atoms with Crippen LogP contribution in [0.15, 0.2) is 24.3 Å². The Bertz CT molecular complexity index is 470. The van der Waals surface area contributed by atoms with Crippen molar-refractivity contribution in [1.82, 2.24) is 0 Å². The van der Waals surface area contributed by atoms with Crippen molar-refractivity contribution in [3.05, 3.63) is 29.8 Å². The van der Waals surface area contributed by atoms with Crippen molar-refractivity contribution < 1.29 is 13.2 Å². The van der Waals surface area contributed by atoms with Gasteiger partial charge in [-0.15, -0.1) is 11.6 Å². The first-order valence-electron chi connectivity index (χ1n) is 5.11. The van der Waals surface area contributed by atoms with E-state index < -0.39 is 9.84 Å². The molecule has 1 aliphatic rings. The summed E-state index contributed by atoms with van der Waals surface area (Å²) in [6.45, 7) is 0.